The van der Waals surface area contributed by atoms with E-state index in [9.17, 15) is 9.59 Å². The number of carboxylic acids is 1. The molecule has 0 aliphatic heterocycles. The minimum absolute atomic E-state index is 0.164. The number of carbonyl (C=O) groups excluding carboxylic acids is 1. The topological polar surface area (TPSA) is 92.4 Å². The summed E-state index contributed by atoms with van der Waals surface area (Å²) in [6.45, 7) is 2.50. The van der Waals surface area contributed by atoms with Crippen LogP contribution in [0.2, 0.25) is 0 Å². The van der Waals surface area contributed by atoms with Crippen molar-refractivity contribution in [3.63, 3.8) is 0 Å². The Balaban J connectivity index is 2.38. The molecule has 0 spiro atoms. The molecule has 20 heavy (non-hydrogen) atoms. The van der Waals surface area contributed by atoms with Crippen molar-refractivity contribution < 1.29 is 14.7 Å². The Morgan fingerprint density at radius 1 is 1.35 bits per heavy atom. The van der Waals surface area contributed by atoms with E-state index in [1.54, 1.807) is 18.2 Å². The number of carbonyl (C=O) groups is 2. The van der Waals surface area contributed by atoms with Gasteiger partial charge in [-0.1, -0.05) is 22.9 Å². The van der Waals surface area contributed by atoms with Crippen LogP contribution in [0.3, 0.4) is 0 Å². The first-order valence-electron chi connectivity index (χ1n) is 6.44. The molecule has 1 unspecified atom stereocenters. The van der Waals surface area contributed by atoms with E-state index in [0.29, 0.717) is 24.2 Å². The maximum absolute atomic E-state index is 11.9. The summed E-state index contributed by atoms with van der Waals surface area (Å²) in [5, 5.41) is 11.4. The molecule has 0 fully saturated rings. The van der Waals surface area contributed by atoms with E-state index in [2.05, 4.69) is 21.2 Å². The first-order valence-corrected chi connectivity index (χ1v) is 7.24. The molecule has 0 aliphatic rings. The maximum Gasteiger partial charge on any atom is 0.303 e. The second-order valence-electron chi connectivity index (χ2n) is 4.86. The normalized spacial score (nSPS) is 11.9. The number of nitrogens with one attached hydrogen (secondary N) is 1. The molecule has 1 rings (SSSR count). The number of benzene rings is 1. The van der Waals surface area contributed by atoms with Gasteiger partial charge in [0, 0.05) is 28.7 Å². The van der Waals surface area contributed by atoms with Crippen LogP contribution in [0.1, 0.15) is 36.5 Å². The highest BCUT2D eigenvalue weighted by Crippen LogP contribution is 2.17. The highest BCUT2D eigenvalue weighted by molar-refractivity contribution is 9.10. The fourth-order valence-corrected chi connectivity index (χ4v) is 2.30. The molecule has 1 aromatic rings. The quantitative estimate of drug-likeness (QED) is 0.664. The lowest BCUT2D eigenvalue weighted by molar-refractivity contribution is -0.137. The number of anilines is 1. The Labute approximate surface area is 126 Å². The fraction of sp³-hybridized carbons (Fsp3) is 0.429. The third-order valence-electron chi connectivity index (χ3n) is 2.96. The van der Waals surface area contributed by atoms with Gasteiger partial charge in [0.1, 0.15) is 0 Å². The molecule has 0 aromatic heterocycles. The van der Waals surface area contributed by atoms with Gasteiger partial charge in [-0.2, -0.15) is 0 Å². The molecule has 1 atom stereocenters. The molecule has 1 aromatic carbocycles. The van der Waals surface area contributed by atoms with Gasteiger partial charge in [-0.05, 0) is 37.0 Å². The Morgan fingerprint density at radius 2 is 2.05 bits per heavy atom. The van der Waals surface area contributed by atoms with Gasteiger partial charge in [0.2, 0.25) is 0 Å². The molecule has 0 saturated carbocycles. The van der Waals surface area contributed by atoms with Crippen LogP contribution in [-0.4, -0.2) is 23.5 Å². The largest absolute Gasteiger partial charge is 0.481 e. The van der Waals surface area contributed by atoms with E-state index in [4.69, 9.17) is 10.8 Å². The molecule has 0 heterocycles. The second kappa shape index (κ2) is 7.89. The number of halogens is 1. The number of nitrogen functional groups attached to an aromatic ring is 1. The van der Waals surface area contributed by atoms with Gasteiger partial charge in [0.05, 0.1) is 0 Å². The van der Waals surface area contributed by atoms with Crippen molar-refractivity contribution in [1.82, 2.24) is 5.32 Å². The minimum atomic E-state index is -0.787. The second-order valence-corrected chi connectivity index (χ2v) is 5.77. The molecule has 6 heteroatoms. The predicted octanol–water partition coefficient (Wildman–Crippen LogP) is 2.65. The molecule has 1 amide bonds. The zero-order valence-corrected chi connectivity index (χ0v) is 12.9. The van der Waals surface area contributed by atoms with Gasteiger partial charge < -0.3 is 16.2 Å². The smallest absolute Gasteiger partial charge is 0.303 e. The summed E-state index contributed by atoms with van der Waals surface area (Å²) in [5.41, 5.74) is 6.71. The summed E-state index contributed by atoms with van der Waals surface area (Å²) in [7, 11) is 0. The van der Waals surface area contributed by atoms with Crippen molar-refractivity contribution in [2.75, 3.05) is 12.3 Å². The number of nitrogens with two attached hydrogens (primary N) is 1. The number of hydrogen-bond donors (Lipinski definition) is 3. The summed E-state index contributed by atoms with van der Waals surface area (Å²) >= 11 is 3.29. The van der Waals surface area contributed by atoms with E-state index < -0.39 is 5.97 Å². The zero-order valence-electron chi connectivity index (χ0n) is 11.4. The van der Waals surface area contributed by atoms with Crippen LogP contribution in [0.25, 0.3) is 0 Å². The molecule has 0 bridgehead atoms. The van der Waals surface area contributed by atoms with Crippen LogP contribution in [0.4, 0.5) is 5.69 Å². The molecular formula is C14H19BrN2O3. The average molecular weight is 343 g/mol. The van der Waals surface area contributed by atoms with Gasteiger partial charge in [-0.25, -0.2) is 0 Å². The van der Waals surface area contributed by atoms with Crippen molar-refractivity contribution in [1.29, 1.82) is 0 Å². The third kappa shape index (κ3) is 6.06. The number of amides is 1. The van der Waals surface area contributed by atoms with Crippen LogP contribution in [0.5, 0.6) is 0 Å². The van der Waals surface area contributed by atoms with Crippen molar-refractivity contribution in [2.45, 2.75) is 26.2 Å². The number of aliphatic carboxylic acids is 1. The van der Waals surface area contributed by atoms with Crippen LogP contribution in [0.15, 0.2) is 22.7 Å². The lowest BCUT2D eigenvalue weighted by atomic mass is 10.0. The monoisotopic (exact) mass is 342 g/mol. The Bertz CT molecular complexity index is 471. The van der Waals surface area contributed by atoms with Gasteiger partial charge in [-0.3, -0.25) is 9.59 Å². The fourth-order valence-electron chi connectivity index (χ4n) is 1.79. The molecule has 0 aliphatic carbocycles. The zero-order chi connectivity index (χ0) is 15.1. The van der Waals surface area contributed by atoms with Crippen LogP contribution in [-0.2, 0) is 4.79 Å². The highest BCUT2D eigenvalue weighted by Gasteiger charge is 2.09. The SMILES string of the molecule is CC(CCNC(=O)c1cc(N)cc(Br)c1)CCC(=O)O. The van der Waals surface area contributed by atoms with Crippen LogP contribution < -0.4 is 11.1 Å². The molecule has 110 valence electrons. The average Bonchev–Trinajstić information content (AvgIpc) is 2.35. The Kier molecular flexibility index (Phi) is 6.51. The number of hydrogen-bond acceptors (Lipinski definition) is 3. The van der Waals surface area contributed by atoms with Gasteiger partial charge in [-0.15, -0.1) is 0 Å². The lowest BCUT2D eigenvalue weighted by Crippen LogP contribution is -2.25. The van der Waals surface area contributed by atoms with Crippen LogP contribution in [0, 0.1) is 5.92 Å². The molecule has 5 nitrogen and oxygen atoms in total. The van der Waals surface area contributed by atoms with Crippen molar-refractivity contribution >= 4 is 33.5 Å². The third-order valence-corrected chi connectivity index (χ3v) is 3.41. The van der Waals surface area contributed by atoms with E-state index in [1.165, 1.54) is 0 Å². The standard InChI is InChI=1S/C14H19BrN2O3/c1-9(2-3-13(18)19)4-5-17-14(20)10-6-11(15)8-12(16)7-10/h6-9H,2-5,16H2,1H3,(H,17,20)(H,18,19). The molecule has 0 radical (unpaired) electrons. The van der Waals surface area contributed by atoms with E-state index >= 15 is 0 Å². The summed E-state index contributed by atoms with van der Waals surface area (Å²) in [5.74, 6) is -0.701. The molecule has 4 N–H and O–H groups in total. The van der Waals surface area contributed by atoms with Gasteiger partial charge in [0.15, 0.2) is 0 Å². The molecular weight excluding hydrogens is 324 g/mol. The summed E-state index contributed by atoms with van der Waals surface area (Å²) < 4.78 is 0.762. The van der Waals surface area contributed by atoms with Gasteiger partial charge in [0.25, 0.3) is 5.91 Å². The first-order chi connectivity index (χ1) is 9.38. The summed E-state index contributed by atoms with van der Waals surface area (Å²) in [6, 6.07) is 5.05. The van der Waals surface area contributed by atoms with E-state index in [1.807, 2.05) is 6.92 Å². The van der Waals surface area contributed by atoms with Crippen molar-refractivity contribution in [3.05, 3.63) is 28.2 Å². The van der Waals surface area contributed by atoms with Crippen molar-refractivity contribution in [3.8, 4) is 0 Å². The van der Waals surface area contributed by atoms with E-state index in [0.717, 1.165) is 10.9 Å². The van der Waals surface area contributed by atoms with Crippen molar-refractivity contribution in [2.24, 2.45) is 5.92 Å². The minimum Gasteiger partial charge on any atom is -0.481 e. The van der Waals surface area contributed by atoms with E-state index in [-0.39, 0.29) is 18.2 Å². The number of rotatable bonds is 7. The summed E-state index contributed by atoms with van der Waals surface area (Å²) in [4.78, 5) is 22.4. The predicted molar refractivity (Wildman–Crippen MR) is 81.5 cm³/mol. The maximum atomic E-state index is 11.9. The van der Waals surface area contributed by atoms with Gasteiger partial charge >= 0.3 is 5.97 Å². The molecule has 0 saturated heterocycles. The Morgan fingerprint density at radius 3 is 2.65 bits per heavy atom. The Hall–Kier alpha value is -1.56. The highest BCUT2D eigenvalue weighted by atomic mass is 79.9. The first kappa shape index (κ1) is 16.5. The number of carboxylic acid groups (broad SMARTS) is 1. The lowest BCUT2D eigenvalue weighted by Gasteiger charge is -2.11. The van der Waals surface area contributed by atoms with Crippen LogP contribution >= 0.6 is 15.9 Å². The summed E-state index contributed by atoms with van der Waals surface area (Å²) in [6.07, 6.45) is 1.54.